The quantitative estimate of drug-likeness (QED) is 0.805. The van der Waals surface area contributed by atoms with Gasteiger partial charge < -0.3 is 14.4 Å². The number of aromatic nitrogens is 2. The smallest absolute Gasteiger partial charge is 0.335 e. The molecule has 1 aromatic carbocycles. The number of hydrogen-bond acceptors (Lipinski definition) is 3. The molecule has 0 amide bonds. The predicted molar refractivity (Wildman–Crippen MR) is 61.2 cm³/mol. The zero-order chi connectivity index (χ0) is 11.8. The van der Waals surface area contributed by atoms with E-state index in [1.54, 1.807) is 18.2 Å². The van der Waals surface area contributed by atoms with Gasteiger partial charge in [0.1, 0.15) is 5.82 Å². The predicted octanol–water partition coefficient (Wildman–Crippen LogP) is 1.31. The molecule has 0 unspecified atom stereocenters. The van der Waals surface area contributed by atoms with E-state index in [1.807, 2.05) is 0 Å². The highest BCUT2D eigenvalue weighted by molar-refractivity contribution is 5.92. The number of hydrogen-bond donors (Lipinski definition) is 1. The van der Waals surface area contributed by atoms with Gasteiger partial charge in [-0.25, -0.2) is 9.78 Å². The molecule has 88 valence electrons. The van der Waals surface area contributed by atoms with Gasteiger partial charge in [0.15, 0.2) is 0 Å². The van der Waals surface area contributed by atoms with Crippen LogP contribution in [0.2, 0.25) is 0 Å². The van der Waals surface area contributed by atoms with Gasteiger partial charge in [0.25, 0.3) is 0 Å². The second-order valence-corrected chi connectivity index (χ2v) is 4.05. The summed E-state index contributed by atoms with van der Waals surface area (Å²) in [5.41, 5.74) is 2.03. The van der Waals surface area contributed by atoms with Gasteiger partial charge >= 0.3 is 5.97 Å². The Morgan fingerprint density at radius 2 is 2.29 bits per heavy atom. The van der Waals surface area contributed by atoms with Crippen molar-refractivity contribution in [3.63, 3.8) is 0 Å². The SMILES string of the molecule is O=C(O)c1ccc2nc3n(c2c1)CCOCC3. The van der Waals surface area contributed by atoms with Gasteiger partial charge in [-0.15, -0.1) is 0 Å². The Hall–Kier alpha value is -1.88. The lowest BCUT2D eigenvalue weighted by Gasteiger charge is -2.03. The van der Waals surface area contributed by atoms with Gasteiger partial charge in [0, 0.05) is 13.0 Å². The van der Waals surface area contributed by atoms with Crippen LogP contribution in [0.1, 0.15) is 16.2 Å². The summed E-state index contributed by atoms with van der Waals surface area (Å²) in [6.45, 7) is 2.06. The molecule has 17 heavy (non-hydrogen) atoms. The normalized spacial score (nSPS) is 15.5. The maximum Gasteiger partial charge on any atom is 0.335 e. The fourth-order valence-electron chi connectivity index (χ4n) is 2.17. The minimum atomic E-state index is -0.910. The van der Waals surface area contributed by atoms with Crippen molar-refractivity contribution in [3.8, 4) is 0 Å². The van der Waals surface area contributed by atoms with Gasteiger partial charge in [0.05, 0.1) is 29.8 Å². The first-order valence-electron chi connectivity index (χ1n) is 5.56. The first kappa shape index (κ1) is 10.3. The lowest BCUT2D eigenvalue weighted by Crippen LogP contribution is -2.04. The van der Waals surface area contributed by atoms with E-state index in [4.69, 9.17) is 9.84 Å². The van der Waals surface area contributed by atoms with Crippen molar-refractivity contribution in [2.24, 2.45) is 0 Å². The third-order valence-electron chi connectivity index (χ3n) is 3.00. The topological polar surface area (TPSA) is 64.3 Å². The van der Waals surface area contributed by atoms with E-state index < -0.39 is 5.97 Å². The Morgan fingerprint density at radius 1 is 1.41 bits per heavy atom. The molecule has 2 aromatic rings. The molecule has 0 aliphatic carbocycles. The lowest BCUT2D eigenvalue weighted by molar-refractivity contribution is 0.0697. The Morgan fingerprint density at radius 3 is 3.12 bits per heavy atom. The summed E-state index contributed by atoms with van der Waals surface area (Å²) in [6.07, 6.45) is 0.775. The van der Waals surface area contributed by atoms with Crippen molar-refractivity contribution in [2.75, 3.05) is 13.2 Å². The van der Waals surface area contributed by atoms with E-state index in [0.717, 1.165) is 29.8 Å². The van der Waals surface area contributed by atoms with E-state index in [1.165, 1.54) is 0 Å². The lowest BCUT2D eigenvalue weighted by atomic mass is 10.2. The molecule has 0 radical (unpaired) electrons. The molecule has 5 nitrogen and oxygen atoms in total. The number of fused-ring (bicyclic) bond motifs is 3. The molecule has 0 saturated heterocycles. The Labute approximate surface area is 97.6 Å². The Kier molecular flexibility index (Phi) is 2.33. The van der Waals surface area contributed by atoms with Gasteiger partial charge in [-0.2, -0.15) is 0 Å². The summed E-state index contributed by atoms with van der Waals surface area (Å²) in [6, 6.07) is 5.04. The van der Waals surface area contributed by atoms with Crippen LogP contribution < -0.4 is 0 Å². The Bertz CT molecular complexity index is 589. The molecule has 0 saturated carbocycles. The van der Waals surface area contributed by atoms with E-state index >= 15 is 0 Å². The zero-order valence-corrected chi connectivity index (χ0v) is 9.22. The van der Waals surface area contributed by atoms with Crippen LogP contribution in [0.3, 0.4) is 0 Å². The summed E-state index contributed by atoms with van der Waals surface area (Å²) in [5, 5.41) is 8.99. The first-order valence-corrected chi connectivity index (χ1v) is 5.56. The fourth-order valence-corrected chi connectivity index (χ4v) is 2.17. The van der Waals surface area contributed by atoms with Crippen LogP contribution in [-0.4, -0.2) is 33.8 Å². The standard InChI is InChI=1S/C12H12N2O3/c15-12(16)8-1-2-9-10(7-8)14-4-6-17-5-3-11(14)13-9/h1-2,7H,3-6H2,(H,15,16). The first-order chi connectivity index (χ1) is 8.25. The maximum absolute atomic E-state index is 10.9. The minimum Gasteiger partial charge on any atom is -0.478 e. The molecular weight excluding hydrogens is 220 g/mol. The highest BCUT2D eigenvalue weighted by Gasteiger charge is 2.15. The van der Waals surface area contributed by atoms with Crippen molar-refractivity contribution in [1.82, 2.24) is 9.55 Å². The molecule has 3 rings (SSSR count). The average Bonchev–Trinajstić information content (AvgIpc) is 2.51. The van der Waals surface area contributed by atoms with Crippen LogP contribution in [0.5, 0.6) is 0 Å². The number of nitrogens with zero attached hydrogens (tertiary/aromatic N) is 2. The number of benzene rings is 1. The second kappa shape index (κ2) is 3.85. The van der Waals surface area contributed by atoms with Crippen LogP contribution in [0.4, 0.5) is 0 Å². The van der Waals surface area contributed by atoms with Crippen LogP contribution in [-0.2, 0) is 17.7 Å². The fraction of sp³-hybridized carbons (Fsp3) is 0.333. The molecular formula is C12H12N2O3. The third kappa shape index (κ3) is 1.68. The summed E-state index contributed by atoms with van der Waals surface area (Å²) in [4.78, 5) is 15.5. The number of imidazole rings is 1. The van der Waals surface area contributed by atoms with E-state index in [2.05, 4.69) is 9.55 Å². The Balaban J connectivity index is 2.20. The molecule has 1 aliphatic rings. The molecule has 0 atom stereocenters. The van der Waals surface area contributed by atoms with Crippen LogP contribution in [0.25, 0.3) is 11.0 Å². The van der Waals surface area contributed by atoms with Gasteiger partial charge in [-0.1, -0.05) is 0 Å². The monoisotopic (exact) mass is 232 g/mol. The largest absolute Gasteiger partial charge is 0.478 e. The summed E-state index contributed by atoms with van der Waals surface area (Å²) in [5.74, 6) is 0.0624. The maximum atomic E-state index is 10.9. The molecule has 0 fully saturated rings. The van der Waals surface area contributed by atoms with Crippen LogP contribution >= 0.6 is 0 Å². The van der Waals surface area contributed by atoms with Crippen LogP contribution in [0, 0.1) is 0 Å². The van der Waals surface area contributed by atoms with E-state index in [-0.39, 0.29) is 0 Å². The molecule has 5 heteroatoms. The summed E-state index contributed by atoms with van der Waals surface area (Å²) >= 11 is 0. The van der Waals surface area contributed by atoms with Crippen molar-refractivity contribution in [1.29, 1.82) is 0 Å². The van der Waals surface area contributed by atoms with Crippen molar-refractivity contribution < 1.29 is 14.6 Å². The average molecular weight is 232 g/mol. The molecule has 2 heterocycles. The summed E-state index contributed by atoms with van der Waals surface area (Å²) in [7, 11) is 0. The van der Waals surface area contributed by atoms with E-state index in [0.29, 0.717) is 18.8 Å². The van der Waals surface area contributed by atoms with Gasteiger partial charge in [-0.05, 0) is 18.2 Å². The highest BCUT2D eigenvalue weighted by atomic mass is 16.5. The van der Waals surface area contributed by atoms with Gasteiger partial charge in [0.2, 0.25) is 0 Å². The van der Waals surface area contributed by atoms with E-state index in [9.17, 15) is 4.79 Å². The van der Waals surface area contributed by atoms with Crippen molar-refractivity contribution in [3.05, 3.63) is 29.6 Å². The molecule has 1 N–H and O–H groups in total. The van der Waals surface area contributed by atoms with Crippen molar-refractivity contribution >= 4 is 17.0 Å². The second-order valence-electron chi connectivity index (χ2n) is 4.05. The number of carbonyl (C=O) groups is 1. The molecule has 0 spiro atoms. The highest BCUT2D eigenvalue weighted by Crippen LogP contribution is 2.20. The molecule has 1 aliphatic heterocycles. The number of carboxylic acids is 1. The van der Waals surface area contributed by atoms with Crippen LogP contribution in [0.15, 0.2) is 18.2 Å². The number of carboxylic acid groups (broad SMARTS) is 1. The zero-order valence-electron chi connectivity index (χ0n) is 9.22. The number of aromatic carboxylic acids is 1. The number of rotatable bonds is 1. The number of ether oxygens (including phenoxy) is 1. The summed E-state index contributed by atoms with van der Waals surface area (Å²) < 4.78 is 7.44. The molecule has 1 aromatic heterocycles. The minimum absolute atomic E-state index is 0.297. The third-order valence-corrected chi connectivity index (χ3v) is 3.00. The molecule has 0 bridgehead atoms. The van der Waals surface area contributed by atoms with Gasteiger partial charge in [-0.3, -0.25) is 0 Å². The van der Waals surface area contributed by atoms with Crippen molar-refractivity contribution in [2.45, 2.75) is 13.0 Å².